The molecule has 0 radical (unpaired) electrons. The number of carbonyl (C=O) groups excluding carboxylic acids is 1. The van der Waals surface area contributed by atoms with Gasteiger partial charge < -0.3 is 10.4 Å². The van der Waals surface area contributed by atoms with Crippen molar-refractivity contribution in [1.29, 1.82) is 5.26 Å². The summed E-state index contributed by atoms with van der Waals surface area (Å²) in [6.07, 6.45) is 1.39. The summed E-state index contributed by atoms with van der Waals surface area (Å²) in [6, 6.07) is 17.0. The first-order valence-electron chi connectivity index (χ1n) is 8.48. The molecule has 0 aliphatic carbocycles. The molecular weight excluding hydrogens is 356 g/mol. The average Bonchev–Trinajstić information content (AvgIpc) is 2.91. The number of phenolic OH excluding ortho intramolecular Hbond substituents is 1. The van der Waals surface area contributed by atoms with Crippen LogP contribution in [-0.4, -0.2) is 20.4 Å². The number of anilines is 1. The van der Waals surface area contributed by atoms with Crippen molar-refractivity contribution >= 4 is 17.7 Å². The zero-order valence-corrected chi connectivity index (χ0v) is 15.4. The van der Waals surface area contributed by atoms with Crippen LogP contribution in [0.1, 0.15) is 11.3 Å². The van der Waals surface area contributed by atoms with Gasteiger partial charge in [-0.3, -0.25) is 14.3 Å². The lowest BCUT2D eigenvalue weighted by atomic mass is 10.1. The smallest absolute Gasteiger partial charge is 0.295 e. The van der Waals surface area contributed by atoms with Gasteiger partial charge >= 0.3 is 0 Å². The van der Waals surface area contributed by atoms with Gasteiger partial charge in [0.25, 0.3) is 11.5 Å². The van der Waals surface area contributed by atoms with Crippen molar-refractivity contribution in [3.63, 3.8) is 0 Å². The molecule has 2 aromatic carbocycles. The molecule has 0 saturated carbocycles. The highest BCUT2D eigenvalue weighted by molar-refractivity contribution is 6.09. The van der Waals surface area contributed by atoms with Crippen molar-refractivity contribution in [3.05, 3.63) is 81.8 Å². The summed E-state index contributed by atoms with van der Waals surface area (Å²) in [5.74, 6) is -0.594. The van der Waals surface area contributed by atoms with Crippen molar-refractivity contribution in [3.8, 4) is 17.5 Å². The van der Waals surface area contributed by atoms with Gasteiger partial charge in [-0.05, 0) is 42.8 Å². The summed E-state index contributed by atoms with van der Waals surface area (Å²) < 4.78 is 3.09. The highest BCUT2D eigenvalue weighted by atomic mass is 16.3. The van der Waals surface area contributed by atoms with Crippen molar-refractivity contribution in [2.75, 3.05) is 5.32 Å². The minimum Gasteiger partial charge on any atom is -0.508 e. The highest BCUT2D eigenvalue weighted by Crippen LogP contribution is 2.16. The number of nitriles is 1. The lowest BCUT2D eigenvalue weighted by Gasteiger charge is -2.07. The maximum absolute atomic E-state index is 12.9. The first-order chi connectivity index (χ1) is 13.4. The summed E-state index contributed by atoms with van der Waals surface area (Å²) in [4.78, 5) is 25.4. The Morgan fingerprint density at radius 3 is 2.39 bits per heavy atom. The van der Waals surface area contributed by atoms with Gasteiger partial charge in [0.1, 0.15) is 23.1 Å². The van der Waals surface area contributed by atoms with E-state index in [0.29, 0.717) is 16.9 Å². The molecule has 3 rings (SSSR count). The van der Waals surface area contributed by atoms with Gasteiger partial charge in [0.2, 0.25) is 0 Å². The summed E-state index contributed by atoms with van der Waals surface area (Å²) in [6.45, 7) is 1.71. The van der Waals surface area contributed by atoms with Crippen molar-refractivity contribution in [2.45, 2.75) is 6.92 Å². The largest absolute Gasteiger partial charge is 0.508 e. The minimum atomic E-state index is -0.679. The first-order valence-corrected chi connectivity index (χ1v) is 8.48. The Bertz CT molecular complexity index is 1150. The maximum atomic E-state index is 12.9. The Morgan fingerprint density at radius 2 is 1.79 bits per heavy atom. The number of amides is 1. The molecule has 3 aromatic rings. The topological polar surface area (TPSA) is 100 Å². The van der Waals surface area contributed by atoms with E-state index in [4.69, 9.17) is 0 Å². The van der Waals surface area contributed by atoms with E-state index in [1.54, 1.807) is 42.9 Å². The van der Waals surface area contributed by atoms with Crippen LogP contribution in [-0.2, 0) is 11.8 Å². The predicted molar refractivity (Wildman–Crippen MR) is 106 cm³/mol. The van der Waals surface area contributed by atoms with Gasteiger partial charge in [-0.1, -0.05) is 30.3 Å². The van der Waals surface area contributed by atoms with E-state index in [1.165, 1.54) is 22.9 Å². The molecule has 0 spiro atoms. The number of aromatic hydroxyl groups is 1. The number of hydrogen-bond donors (Lipinski definition) is 2. The molecule has 0 fully saturated rings. The molecular formula is C21H18N4O3. The van der Waals surface area contributed by atoms with Crippen LogP contribution in [0.15, 0.2) is 65.0 Å². The highest BCUT2D eigenvalue weighted by Gasteiger charge is 2.19. The van der Waals surface area contributed by atoms with Crippen LogP contribution in [0, 0.1) is 18.3 Å². The molecule has 7 nitrogen and oxygen atoms in total. The molecule has 0 bridgehead atoms. The van der Waals surface area contributed by atoms with Crippen LogP contribution in [0.3, 0.4) is 0 Å². The molecule has 1 aromatic heterocycles. The molecule has 1 heterocycles. The lowest BCUT2D eigenvalue weighted by molar-refractivity contribution is -0.112. The lowest BCUT2D eigenvalue weighted by Crippen LogP contribution is -2.23. The summed E-state index contributed by atoms with van der Waals surface area (Å²) in [5.41, 5.74) is 1.38. The van der Waals surface area contributed by atoms with E-state index in [-0.39, 0.29) is 22.6 Å². The second-order valence-corrected chi connectivity index (χ2v) is 6.15. The van der Waals surface area contributed by atoms with Crippen LogP contribution in [0.4, 0.5) is 5.69 Å². The third kappa shape index (κ3) is 3.57. The van der Waals surface area contributed by atoms with Crippen LogP contribution >= 0.6 is 0 Å². The molecule has 1 amide bonds. The second-order valence-electron chi connectivity index (χ2n) is 6.15. The number of hydrogen-bond acceptors (Lipinski definition) is 4. The third-order valence-corrected chi connectivity index (χ3v) is 4.36. The first kappa shape index (κ1) is 18.7. The Balaban J connectivity index is 1.95. The zero-order valence-electron chi connectivity index (χ0n) is 15.4. The SMILES string of the molecule is Cc1c(NC(=O)/C(C#N)=C/c2ccc(O)cc2)c(=O)n(-c2ccccc2)n1C. The van der Waals surface area contributed by atoms with E-state index in [9.17, 15) is 20.0 Å². The normalized spacial score (nSPS) is 11.1. The molecule has 0 unspecified atom stereocenters. The number of nitrogens with one attached hydrogen (secondary N) is 1. The van der Waals surface area contributed by atoms with Gasteiger partial charge in [0.15, 0.2) is 0 Å². The van der Waals surface area contributed by atoms with Crippen LogP contribution in [0.5, 0.6) is 5.75 Å². The van der Waals surface area contributed by atoms with Gasteiger partial charge in [0, 0.05) is 7.05 Å². The van der Waals surface area contributed by atoms with Crippen molar-refractivity contribution in [1.82, 2.24) is 9.36 Å². The van der Waals surface area contributed by atoms with E-state index < -0.39 is 5.91 Å². The molecule has 0 atom stereocenters. The standard InChI is InChI=1S/C21H18N4O3/c1-14-19(21(28)25(24(14)2)17-6-4-3-5-7-17)23-20(27)16(13-22)12-15-8-10-18(26)11-9-15/h3-12,26H,1-2H3,(H,23,27)/b16-12+. The summed E-state index contributed by atoms with van der Waals surface area (Å²) in [7, 11) is 1.72. The number of phenols is 1. The monoisotopic (exact) mass is 374 g/mol. The number of rotatable bonds is 4. The maximum Gasteiger partial charge on any atom is 0.295 e. The van der Waals surface area contributed by atoms with Crippen LogP contribution in [0.2, 0.25) is 0 Å². The number of para-hydroxylation sites is 1. The number of benzene rings is 2. The fourth-order valence-corrected chi connectivity index (χ4v) is 2.78. The number of nitrogens with zero attached hydrogens (tertiary/aromatic N) is 3. The molecule has 140 valence electrons. The molecule has 2 N–H and O–H groups in total. The fraction of sp³-hybridized carbons (Fsp3) is 0.0952. The summed E-state index contributed by atoms with van der Waals surface area (Å²) in [5, 5.41) is 21.2. The number of carbonyl (C=O) groups is 1. The van der Waals surface area contributed by atoms with Gasteiger partial charge in [-0.15, -0.1) is 0 Å². The predicted octanol–water partition coefficient (Wildman–Crippen LogP) is 2.74. The minimum absolute atomic E-state index is 0.0847. The molecule has 0 aliphatic heterocycles. The zero-order chi connectivity index (χ0) is 20.3. The van der Waals surface area contributed by atoms with Gasteiger partial charge in [-0.2, -0.15) is 5.26 Å². The molecule has 7 heteroatoms. The number of aromatic nitrogens is 2. The molecule has 0 saturated heterocycles. The summed E-state index contributed by atoms with van der Waals surface area (Å²) >= 11 is 0. The third-order valence-electron chi connectivity index (χ3n) is 4.36. The van der Waals surface area contributed by atoms with Gasteiger partial charge in [0.05, 0.1) is 11.4 Å². The van der Waals surface area contributed by atoms with E-state index in [0.717, 1.165) is 0 Å². The Labute approximate surface area is 161 Å². The molecule has 0 aliphatic rings. The van der Waals surface area contributed by atoms with E-state index in [1.807, 2.05) is 24.3 Å². The fourth-order valence-electron chi connectivity index (χ4n) is 2.78. The Morgan fingerprint density at radius 1 is 1.14 bits per heavy atom. The quantitative estimate of drug-likeness (QED) is 0.542. The van der Waals surface area contributed by atoms with Crippen molar-refractivity contribution in [2.24, 2.45) is 7.05 Å². The average molecular weight is 374 g/mol. The van der Waals surface area contributed by atoms with E-state index >= 15 is 0 Å². The van der Waals surface area contributed by atoms with E-state index in [2.05, 4.69) is 5.32 Å². The van der Waals surface area contributed by atoms with Crippen LogP contribution in [0.25, 0.3) is 11.8 Å². The van der Waals surface area contributed by atoms with Crippen molar-refractivity contribution < 1.29 is 9.90 Å². The second kappa shape index (κ2) is 7.68. The molecule has 28 heavy (non-hydrogen) atoms. The Kier molecular flexibility index (Phi) is 5.14. The Hall–Kier alpha value is -4.05. The van der Waals surface area contributed by atoms with Crippen LogP contribution < -0.4 is 10.9 Å². The van der Waals surface area contributed by atoms with Gasteiger partial charge in [-0.25, -0.2) is 4.68 Å².